The highest BCUT2D eigenvalue weighted by atomic mass is 16.5. The fraction of sp³-hybridized carbons (Fsp3) is 0.581. The summed E-state index contributed by atoms with van der Waals surface area (Å²) in [6.07, 6.45) is 22.8. The smallest absolute Gasteiger partial charge is 0.335 e. The van der Waals surface area contributed by atoms with Crippen molar-refractivity contribution in [1.29, 1.82) is 0 Å². The van der Waals surface area contributed by atoms with Crippen molar-refractivity contribution < 1.29 is 29.3 Å². The summed E-state index contributed by atoms with van der Waals surface area (Å²) < 4.78 is 10.6. The number of hydrogen-bond donors (Lipinski definition) is 2. The molecule has 0 radical (unpaired) electrons. The minimum absolute atomic E-state index is 0.00495. The van der Waals surface area contributed by atoms with E-state index in [2.05, 4.69) is 69.7 Å². The van der Waals surface area contributed by atoms with Gasteiger partial charge in [0.25, 0.3) is 0 Å². The van der Waals surface area contributed by atoms with Gasteiger partial charge in [0.2, 0.25) is 0 Å². The molecule has 0 bridgehead atoms. The quantitative estimate of drug-likeness (QED) is 0.0586. The Balaban J connectivity index is 1.39. The Kier molecular flexibility index (Phi) is 17.9. The second-order valence-electron chi connectivity index (χ2n) is 14.6. The van der Waals surface area contributed by atoms with Crippen LogP contribution in [0, 0.1) is 29.6 Å². The Labute approximate surface area is 296 Å². The fourth-order valence-electron chi connectivity index (χ4n) is 7.39. The predicted octanol–water partition coefficient (Wildman–Crippen LogP) is 8.82. The number of ether oxygens (including phenoxy) is 2. The minimum Gasteiger partial charge on any atom is -0.462 e. The Bertz CT molecular complexity index is 1230. The van der Waals surface area contributed by atoms with E-state index in [1.807, 2.05) is 0 Å². The van der Waals surface area contributed by atoms with Gasteiger partial charge in [0.15, 0.2) is 0 Å². The number of rotatable bonds is 21. The first-order valence-electron chi connectivity index (χ1n) is 18.7. The average Bonchev–Trinajstić information content (AvgIpc) is 3.13. The number of allylic oxidation sites excluding steroid dienone is 4. The van der Waals surface area contributed by atoms with Crippen molar-refractivity contribution in [1.82, 2.24) is 0 Å². The monoisotopic (exact) mass is 674 g/mol. The normalized spacial score (nSPS) is 21.0. The molecule has 0 atom stereocenters. The molecule has 2 saturated carbocycles. The van der Waals surface area contributed by atoms with Gasteiger partial charge < -0.3 is 19.7 Å². The molecule has 3 rings (SSSR count). The summed E-state index contributed by atoms with van der Waals surface area (Å²) in [5.41, 5.74) is 4.83. The fourth-order valence-corrected chi connectivity index (χ4v) is 7.39. The third-order valence-corrected chi connectivity index (χ3v) is 10.7. The number of aliphatic hydroxyl groups excluding tert-OH is 2. The van der Waals surface area contributed by atoms with E-state index >= 15 is 0 Å². The molecule has 0 unspecified atom stereocenters. The van der Waals surface area contributed by atoms with Crippen molar-refractivity contribution in [2.24, 2.45) is 29.6 Å². The molecular weight excluding hydrogens is 612 g/mol. The van der Waals surface area contributed by atoms with Crippen LogP contribution in [0.2, 0.25) is 0 Å². The third-order valence-electron chi connectivity index (χ3n) is 10.7. The number of esters is 2. The summed E-state index contributed by atoms with van der Waals surface area (Å²) in [4.78, 5) is 24.1. The van der Waals surface area contributed by atoms with Crippen molar-refractivity contribution in [2.45, 2.75) is 103 Å². The van der Waals surface area contributed by atoms with E-state index in [4.69, 9.17) is 19.7 Å². The molecule has 0 saturated heterocycles. The van der Waals surface area contributed by atoms with Crippen molar-refractivity contribution >= 4 is 11.9 Å². The van der Waals surface area contributed by atoms with E-state index in [0.717, 1.165) is 36.2 Å². The predicted molar refractivity (Wildman–Crippen MR) is 199 cm³/mol. The first-order chi connectivity index (χ1) is 23.6. The second-order valence-corrected chi connectivity index (χ2v) is 14.6. The minimum atomic E-state index is -0.680. The lowest BCUT2D eigenvalue weighted by Gasteiger charge is -2.38. The molecule has 0 spiro atoms. The van der Waals surface area contributed by atoms with Crippen LogP contribution in [0.3, 0.4) is 0 Å². The van der Waals surface area contributed by atoms with Gasteiger partial charge in [-0.05, 0) is 105 Å². The summed E-state index contributed by atoms with van der Waals surface area (Å²) in [5.74, 6) is 1.52. The van der Waals surface area contributed by atoms with Gasteiger partial charge in [-0.3, -0.25) is 0 Å². The molecule has 270 valence electrons. The van der Waals surface area contributed by atoms with Crippen LogP contribution in [0.5, 0.6) is 0 Å². The van der Waals surface area contributed by atoms with E-state index in [1.54, 1.807) is 0 Å². The van der Waals surface area contributed by atoms with Crippen LogP contribution >= 0.6 is 0 Å². The van der Waals surface area contributed by atoms with E-state index in [1.165, 1.54) is 93.8 Å². The number of aryl methyl sites for hydroxylation is 1. The zero-order valence-corrected chi connectivity index (χ0v) is 30.1. The Morgan fingerprint density at radius 2 is 1.31 bits per heavy atom. The van der Waals surface area contributed by atoms with Gasteiger partial charge in [0.05, 0.1) is 37.6 Å². The van der Waals surface area contributed by atoms with Crippen LogP contribution in [0.4, 0.5) is 0 Å². The number of hydrogen-bond acceptors (Lipinski definition) is 6. The summed E-state index contributed by atoms with van der Waals surface area (Å²) in [6, 6.07) is 8.52. The van der Waals surface area contributed by atoms with Crippen LogP contribution in [0.1, 0.15) is 102 Å². The number of aliphatic hydroxyl groups is 2. The number of unbranched alkanes of at least 4 members (excludes halogenated alkanes) is 2. The highest BCUT2D eigenvalue weighted by molar-refractivity contribution is 5.88. The molecule has 1 aromatic rings. The standard InChI is InChI=1S/C43H62O6/c1-6-7-8-9-31(2)10-11-32(3)39-22-24-41(25-23-39)40-20-18-36(19-21-40)13-12-35-14-16-37(17-15-35)26-38(29-48-42(46)33(4)27-44)30-49-43(47)34(5)28-45/h10-11,14-17,36,38-41,44-45H,2-9,12-13,18-30H2,1H3/b11-10-. The number of benzene rings is 1. The summed E-state index contributed by atoms with van der Waals surface area (Å²) in [7, 11) is 0. The Morgan fingerprint density at radius 3 is 1.84 bits per heavy atom. The molecule has 6 nitrogen and oxygen atoms in total. The molecule has 2 aliphatic rings. The van der Waals surface area contributed by atoms with Gasteiger partial charge in [-0.25, -0.2) is 9.59 Å². The molecule has 0 heterocycles. The van der Waals surface area contributed by atoms with Gasteiger partial charge in [-0.2, -0.15) is 0 Å². The zero-order valence-electron chi connectivity index (χ0n) is 30.1. The van der Waals surface area contributed by atoms with Crippen LogP contribution < -0.4 is 0 Å². The van der Waals surface area contributed by atoms with Gasteiger partial charge in [0, 0.05) is 5.92 Å². The molecule has 49 heavy (non-hydrogen) atoms. The van der Waals surface area contributed by atoms with E-state index in [-0.39, 0.29) is 30.3 Å². The van der Waals surface area contributed by atoms with Crippen LogP contribution in [-0.4, -0.2) is 48.6 Å². The summed E-state index contributed by atoms with van der Waals surface area (Å²) >= 11 is 0. The summed E-state index contributed by atoms with van der Waals surface area (Å²) in [6.45, 7) is 16.9. The van der Waals surface area contributed by atoms with Crippen molar-refractivity contribution in [3.8, 4) is 0 Å². The number of carbonyl (C=O) groups is 2. The third kappa shape index (κ3) is 14.3. The molecule has 0 aromatic heterocycles. The topological polar surface area (TPSA) is 93.1 Å². The molecule has 2 fully saturated rings. The lowest BCUT2D eigenvalue weighted by Crippen LogP contribution is -2.26. The van der Waals surface area contributed by atoms with Crippen molar-refractivity contribution in [3.63, 3.8) is 0 Å². The highest BCUT2D eigenvalue weighted by Gasteiger charge is 2.31. The SMILES string of the molecule is C=C(/C=C\C(=C)C1CCC(C2CCC(CCc3ccc(CC(COC(=O)C(=C)CO)COC(=O)C(=C)CO)cc3)CC2)CC1)CCCCC. The Hall–Kier alpha value is -3.22. The van der Waals surface area contributed by atoms with E-state index in [9.17, 15) is 9.59 Å². The van der Waals surface area contributed by atoms with Gasteiger partial charge >= 0.3 is 11.9 Å². The van der Waals surface area contributed by atoms with Crippen LogP contribution in [0.25, 0.3) is 0 Å². The molecular formula is C43H62O6. The largest absolute Gasteiger partial charge is 0.462 e. The van der Waals surface area contributed by atoms with E-state index < -0.39 is 25.2 Å². The molecule has 0 aliphatic heterocycles. The van der Waals surface area contributed by atoms with Gasteiger partial charge in [-0.1, -0.05) is 106 Å². The highest BCUT2D eigenvalue weighted by Crippen LogP contribution is 2.43. The molecule has 0 amide bonds. The Morgan fingerprint density at radius 1 is 0.776 bits per heavy atom. The molecule has 2 aliphatic carbocycles. The van der Waals surface area contributed by atoms with Crippen LogP contribution in [-0.2, 0) is 31.9 Å². The van der Waals surface area contributed by atoms with Crippen LogP contribution in [0.15, 0.2) is 85.0 Å². The maximum absolute atomic E-state index is 12.0. The second kappa shape index (κ2) is 21.8. The number of carbonyl (C=O) groups excluding carboxylic acids is 2. The first-order valence-corrected chi connectivity index (χ1v) is 18.7. The maximum Gasteiger partial charge on any atom is 0.335 e. The van der Waals surface area contributed by atoms with Gasteiger partial charge in [-0.15, -0.1) is 0 Å². The van der Waals surface area contributed by atoms with Crippen molar-refractivity contribution in [2.75, 3.05) is 26.4 Å². The van der Waals surface area contributed by atoms with Crippen molar-refractivity contribution in [3.05, 3.63) is 96.2 Å². The molecule has 6 heteroatoms. The molecule has 1 aromatic carbocycles. The first kappa shape index (κ1) is 40.2. The summed E-state index contributed by atoms with van der Waals surface area (Å²) in [5, 5.41) is 18.3. The lowest BCUT2D eigenvalue weighted by atomic mass is 9.68. The zero-order chi connectivity index (χ0) is 35.6. The maximum atomic E-state index is 12.0. The lowest BCUT2D eigenvalue weighted by molar-refractivity contribution is -0.144. The van der Waals surface area contributed by atoms with E-state index in [0.29, 0.717) is 12.3 Å². The average molecular weight is 675 g/mol. The molecule has 2 N–H and O–H groups in total. The van der Waals surface area contributed by atoms with Gasteiger partial charge in [0.1, 0.15) is 0 Å².